The SMILES string of the molecule is CCN(Cc1nc(-c2cccs2)no1)C(=O)CN(C)S(=O)(=O)c1ccc(OC)c(OC)c1. The fraction of sp³-hybridized carbons (Fsp3) is 0.350. The molecule has 0 saturated carbocycles. The summed E-state index contributed by atoms with van der Waals surface area (Å²) in [6.45, 7) is 1.87. The van der Waals surface area contributed by atoms with Crippen LogP contribution in [0.4, 0.5) is 0 Å². The molecule has 0 atom stereocenters. The number of methoxy groups -OCH3 is 2. The van der Waals surface area contributed by atoms with Gasteiger partial charge in [0.25, 0.3) is 0 Å². The third-order valence-electron chi connectivity index (χ3n) is 4.69. The van der Waals surface area contributed by atoms with Crippen LogP contribution in [0.25, 0.3) is 10.7 Å². The van der Waals surface area contributed by atoms with Crippen LogP contribution >= 0.6 is 11.3 Å². The van der Waals surface area contributed by atoms with Gasteiger partial charge in [-0.2, -0.15) is 9.29 Å². The minimum Gasteiger partial charge on any atom is -0.493 e. The molecule has 0 aliphatic carbocycles. The Kier molecular flexibility index (Phi) is 7.48. The van der Waals surface area contributed by atoms with E-state index in [2.05, 4.69) is 10.1 Å². The molecule has 1 aromatic carbocycles. The highest BCUT2D eigenvalue weighted by molar-refractivity contribution is 7.89. The molecule has 3 rings (SSSR count). The van der Waals surface area contributed by atoms with E-state index in [0.717, 1.165) is 9.18 Å². The number of rotatable bonds is 10. The molecule has 3 aromatic rings. The summed E-state index contributed by atoms with van der Waals surface area (Å²) in [5.41, 5.74) is 0. The third kappa shape index (κ3) is 5.09. The molecule has 0 fully saturated rings. The molecule has 0 aliphatic heterocycles. The normalized spacial score (nSPS) is 11.5. The summed E-state index contributed by atoms with van der Waals surface area (Å²) in [5, 5.41) is 5.84. The molecular formula is C20H24N4O6S2. The molecule has 2 heterocycles. The van der Waals surface area contributed by atoms with Crippen LogP contribution in [-0.4, -0.2) is 68.0 Å². The number of nitrogens with zero attached hydrogens (tertiary/aromatic N) is 4. The molecule has 0 N–H and O–H groups in total. The number of amides is 1. The molecular weight excluding hydrogens is 456 g/mol. The second-order valence-corrected chi connectivity index (χ2v) is 9.67. The minimum atomic E-state index is -3.93. The lowest BCUT2D eigenvalue weighted by atomic mass is 10.3. The quantitative estimate of drug-likeness (QED) is 0.435. The number of benzene rings is 1. The molecule has 0 saturated heterocycles. The fourth-order valence-corrected chi connectivity index (χ4v) is 4.68. The molecule has 172 valence electrons. The maximum absolute atomic E-state index is 13.0. The van der Waals surface area contributed by atoms with Crippen LogP contribution in [0, 0.1) is 0 Å². The summed E-state index contributed by atoms with van der Waals surface area (Å²) in [6.07, 6.45) is 0. The van der Waals surface area contributed by atoms with Crippen molar-refractivity contribution in [2.24, 2.45) is 0 Å². The molecule has 1 amide bonds. The maximum atomic E-state index is 13.0. The zero-order chi connectivity index (χ0) is 23.3. The lowest BCUT2D eigenvalue weighted by molar-refractivity contribution is -0.132. The number of sulfonamides is 1. The Morgan fingerprint density at radius 3 is 2.56 bits per heavy atom. The first kappa shape index (κ1) is 23.7. The zero-order valence-corrected chi connectivity index (χ0v) is 19.8. The van der Waals surface area contributed by atoms with Crippen LogP contribution in [-0.2, 0) is 21.4 Å². The van der Waals surface area contributed by atoms with E-state index in [4.69, 9.17) is 14.0 Å². The van der Waals surface area contributed by atoms with Crippen LogP contribution in [0.5, 0.6) is 11.5 Å². The van der Waals surface area contributed by atoms with E-state index in [1.165, 1.54) is 55.7 Å². The molecule has 10 nitrogen and oxygen atoms in total. The van der Waals surface area contributed by atoms with E-state index >= 15 is 0 Å². The minimum absolute atomic E-state index is 0.00834. The molecule has 0 unspecified atom stereocenters. The number of thiophene rings is 1. The summed E-state index contributed by atoms with van der Waals surface area (Å²) < 4.78 is 42.5. The molecule has 0 spiro atoms. The van der Waals surface area contributed by atoms with Gasteiger partial charge in [0.15, 0.2) is 11.5 Å². The number of likely N-dealkylation sites (N-methyl/N-ethyl adjacent to an activating group) is 2. The van der Waals surface area contributed by atoms with Gasteiger partial charge in [-0.15, -0.1) is 11.3 Å². The van der Waals surface area contributed by atoms with E-state index in [-0.39, 0.29) is 29.6 Å². The standard InChI is InChI=1S/C20H24N4O6S2/c1-5-24(12-18-21-20(22-30-18)17-7-6-10-31-17)19(25)13-23(2)32(26,27)14-8-9-15(28-3)16(11-14)29-4/h6-11H,5,12-13H2,1-4H3. The van der Waals surface area contributed by atoms with Gasteiger partial charge < -0.3 is 18.9 Å². The van der Waals surface area contributed by atoms with Gasteiger partial charge in [-0.05, 0) is 30.5 Å². The highest BCUT2D eigenvalue weighted by atomic mass is 32.2. The Labute approximate surface area is 190 Å². The van der Waals surface area contributed by atoms with Crippen molar-refractivity contribution in [1.29, 1.82) is 0 Å². The Hall–Kier alpha value is -2.96. The van der Waals surface area contributed by atoms with E-state index < -0.39 is 15.9 Å². The first-order valence-corrected chi connectivity index (χ1v) is 11.9. The van der Waals surface area contributed by atoms with Gasteiger partial charge in [-0.1, -0.05) is 11.2 Å². The van der Waals surface area contributed by atoms with Crippen molar-refractivity contribution in [1.82, 2.24) is 19.3 Å². The van der Waals surface area contributed by atoms with E-state index in [0.29, 0.717) is 18.1 Å². The summed E-state index contributed by atoms with van der Waals surface area (Å²) in [5.74, 6) is 1.01. The van der Waals surface area contributed by atoms with Crippen molar-refractivity contribution in [3.8, 4) is 22.2 Å². The van der Waals surface area contributed by atoms with E-state index in [9.17, 15) is 13.2 Å². The Bertz CT molecular complexity index is 1160. The van der Waals surface area contributed by atoms with Gasteiger partial charge in [0.05, 0.1) is 30.5 Å². The van der Waals surface area contributed by atoms with Crippen LogP contribution in [0.1, 0.15) is 12.8 Å². The summed E-state index contributed by atoms with van der Waals surface area (Å²) in [4.78, 5) is 19.4. The lowest BCUT2D eigenvalue weighted by Crippen LogP contribution is -2.40. The zero-order valence-electron chi connectivity index (χ0n) is 18.1. The topological polar surface area (TPSA) is 115 Å². The number of aromatic nitrogens is 2. The number of hydrogen-bond donors (Lipinski definition) is 0. The maximum Gasteiger partial charge on any atom is 0.246 e. The number of carbonyl (C=O) groups is 1. The average molecular weight is 481 g/mol. The summed E-state index contributed by atoms with van der Waals surface area (Å²) in [7, 11) is 0.295. The van der Waals surface area contributed by atoms with Crippen molar-refractivity contribution in [3.63, 3.8) is 0 Å². The highest BCUT2D eigenvalue weighted by Crippen LogP contribution is 2.30. The van der Waals surface area contributed by atoms with Gasteiger partial charge in [0.1, 0.15) is 6.54 Å². The van der Waals surface area contributed by atoms with Crippen LogP contribution in [0.15, 0.2) is 45.1 Å². The number of carbonyl (C=O) groups excluding carboxylic acids is 1. The second kappa shape index (κ2) is 10.1. The Balaban J connectivity index is 1.70. The first-order valence-electron chi connectivity index (χ1n) is 9.62. The van der Waals surface area contributed by atoms with Crippen molar-refractivity contribution >= 4 is 27.3 Å². The van der Waals surface area contributed by atoms with Crippen LogP contribution < -0.4 is 9.47 Å². The van der Waals surface area contributed by atoms with Crippen LogP contribution in [0.2, 0.25) is 0 Å². The molecule has 2 aromatic heterocycles. The van der Waals surface area contributed by atoms with Gasteiger partial charge in [0.2, 0.25) is 27.6 Å². The monoisotopic (exact) mass is 480 g/mol. The van der Waals surface area contributed by atoms with Crippen molar-refractivity contribution in [2.75, 3.05) is 34.4 Å². The van der Waals surface area contributed by atoms with E-state index in [1.807, 2.05) is 17.5 Å². The third-order valence-corrected chi connectivity index (χ3v) is 7.36. The first-order chi connectivity index (χ1) is 15.3. The average Bonchev–Trinajstić information content (AvgIpc) is 3.48. The molecule has 12 heteroatoms. The Morgan fingerprint density at radius 1 is 1.19 bits per heavy atom. The van der Waals surface area contributed by atoms with Gasteiger partial charge in [-0.25, -0.2) is 8.42 Å². The molecule has 32 heavy (non-hydrogen) atoms. The number of ether oxygens (including phenoxy) is 2. The predicted octanol–water partition coefficient (Wildman–Crippen LogP) is 2.48. The number of hydrogen-bond acceptors (Lipinski definition) is 9. The van der Waals surface area contributed by atoms with Gasteiger partial charge in [-0.3, -0.25) is 4.79 Å². The molecule has 0 bridgehead atoms. The van der Waals surface area contributed by atoms with Crippen molar-refractivity contribution in [3.05, 3.63) is 41.6 Å². The highest BCUT2D eigenvalue weighted by Gasteiger charge is 2.27. The van der Waals surface area contributed by atoms with Gasteiger partial charge in [0, 0.05) is 19.7 Å². The summed E-state index contributed by atoms with van der Waals surface area (Å²) in [6, 6.07) is 8.01. The largest absolute Gasteiger partial charge is 0.493 e. The van der Waals surface area contributed by atoms with Crippen LogP contribution in [0.3, 0.4) is 0 Å². The molecule has 0 radical (unpaired) electrons. The summed E-state index contributed by atoms with van der Waals surface area (Å²) >= 11 is 1.48. The van der Waals surface area contributed by atoms with Crippen molar-refractivity contribution < 1.29 is 27.2 Å². The van der Waals surface area contributed by atoms with Crippen molar-refractivity contribution in [2.45, 2.75) is 18.4 Å². The van der Waals surface area contributed by atoms with Gasteiger partial charge >= 0.3 is 0 Å². The predicted molar refractivity (Wildman–Crippen MR) is 118 cm³/mol. The second-order valence-electron chi connectivity index (χ2n) is 6.67. The fourth-order valence-electron chi connectivity index (χ4n) is 2.90. The smallest absolute Gasteiger partial charge is 0.246 e. The molecule has 0 aliphatic rings. The lowest BCUT2D eigenvalue weighted by Gasteiger charge is -2.23. The Morgan fingerprint density at radius 2 is 1.94 bits per heavy atom. The van der Waals surface area contributed by atoms with E-state index in [1.54, 1.807) is 6.92 Å².